The summed E-state index contributed by atoms with van der Waals surface area (Å²) in [5.74, 6) is -0.919. The van der Waals surface area contributed by atoms with Crippen molar-refractivity contribution in [2.75, 3.05) is 5.32 Å². The summed E-state index contributed by atoms with van der Waals surface area (Å²) in [5.41, 5.74) is 0.984. The minimum atomic E-state index is -1.04. The monoisotopic (exact) mass is 396 g/mol. The number of nitrogens with one attached hydrogen (secondary N) is 1. The summed E-state index contributed by atoms with van der Waals surface area (Å²) in [6, 6.07) is 12.6. The fraction of sp³-hybridized carbons (Fsp3) is 0.318. The van der Waals surface area contributed by atoms with Crippen LogP contribution in [-0.4, -0.2) is 34.1 Å². The third-order valence-corrected chi connectivity index (χ3v) is 5.48. The number of hydrogen-bond acceptors (Lipinski definition) is 4. The van der Waals surface area contributed by atoms with Gasteiger partial charge in [-0.1, -0.05) is 31.5 Å². The van der Waals surface area contributed by atoms with Crippen molar-refractivity contribution >= 4 is 23.6 Å². The van der Waals surface area contributed by atoms with Crippen LogP contribution in [0.1, 0.15) is 42.6 Å². The second-order valence-electron chi connectivity index (χ2n) is 7.13. The predicted octanol–water partition coefficient (Wildman–Crippen LogP) is 4.28. The number of nitrogens with zero attached hydrogens (tertiary/aromatic N) is 1. The summed E-state index contributed by atoms with van der Waals surface area (Å²) in [6.45, 7) is 5.72. The van der Waals surface area contributed by atoms with Crippen molar-refractivity contribution in [3.05, 3.63) is 59.7 Å². The van der Waals surface area contributed by atoms with Gasteiger partial charge in [-0.3, -0.25) is 4.79 Å². The molecule has 0 bridgehead atoms. The molecule has 2 N–H and O–H groups in total. The van der Waals surface area contributed by atoms with Crippen molar-refractivity contribution in [2.45, 2.75) is 39.8 Å². The molecule has 0 spiro atoms. The number of carboxylic acids is 1. The van der Waals surface area contributed by atoms with Crippen LogP contribution in [0.5, 0.6) is 5.75 Å². The normalized spacial score (nSPS) is 17.4. The van der Waals surface area contributed by atoms with Crippen LogP contribution in [0, 0.1) is 12.3 Å². The first-order valence-electron chi connectivity index (χ1n) is 9.53. The standard InChI is InChI=1S/C22H24N2O5/c1-4-22(5-2)19(27)24(21(28)23-16-10-6-14(3)7-11-16)20(22)29-17-12-8-15(9-13-17)18(25)26/h6-13,20H,4-5H2,1-3H3,(H,23,28)(H,25,26). The Kier molecular flexibility index (Phi) is 5.59. The maximum absolute atomic E-state index is 12.9. The molecule has 1 saturated heterocycles. The van der Waals surface area contributed by atoms with Gasteiger partial charge in [0.2, 0.25) is 5.91 Å². The number of likely N-dealkylation sites (tertiary alicyclic amines) is 1. The number of urea groups is 1. The van der Waals surface area contributed by atoms with Crippen molar-refractivity contribution in [2.24, 2.45) is 5.41 Å². The zero-order chi connectivity index (χ0) is 21.2. The van der Waals surface area contributed by atoms with E-state index in [2.05, 4.69) is 5.32 Å². The Morgan fingerprint density at radius 2 is 1.66 bits per heavy atom. The third-order valence-electron chi connectivity index (χ3n) is 5.48. The van der Waals surface area contributed by atoms with Gasteiger partial charge in [-0.25, -0.2) is 14.5 Å². The highest BCUT2D eigenvalue weighted by Crippen LogP contribution is 2.46. The smallest absolute Gasteiger partial charge is 0.335 e. The molecule has 3 rings (SSSR count). The summed E-state index contributed by atoms with van der Waals surface area (Å²) in [5, 5.41) is 11.8. The zero-order valence-electron chi connectivity index (χ0n) is 16.6. The summed E-state index contributed by atoms with van der Waals surface area (Å²) in [4.78, 5) is 37.8. The molecule has 2 aromatic carbocycles. The van der Waals surface area contributed by atoms with Gasteiger partial charge >= 0.3 is 12.0 Å². The molecule has 3 amide bonds. The van der Waals surface area contributed by atoms with Crippen molar-refractivity contribution in [1.82, 2.24) is 4.90 Å². The molecule has 1 heterocycles. The first-order chi connectivity index (χ1) is 13.8. The van der Waals surface area contributed by atoms with Crippen LogP contribution < -0.4 is 10.1 Å². The number of carbonyl (C=O) groups is 3. The van der Waals surface area contributed by atoms with Crippen LogP contribution in [0.15, 0.2) is 48.5 Å². The lowest BCUT2D eigenvalue weighted by atomic mass is 9.72. The molecule has 0 saturated carbocycles. The molecule has 29 heavy (non-hydrogen) atoms. The topological polar surface area (TPSA) is 95.9 Å². The van der Waals surface area contributed by atoms with E-state index in [0.717, 1.165) is 10.5 Å². The lowest BCUT2D eigenvalue weighted by Crippen LogP contribution is -2.73. The minimum Gasteiger partial charge on any atom is -0.478 e. The zero-order valence-corrected chi connectivity index (χ0v) is 16.6. The SMILES string of the molecule is CCC1(CC)C(=O)N(C(=O)Nc2ccc(C)cc2)C1Oc1ccc(C(=O)O)cc1. The van der Waals surface area contributed by atoms with Crippen molar-refractivity contribution < 1.29 is 24.2 Å². The number of rotatable bonds is 6. The molecule has 7 heteroatoms. The van der Waals surface area contributed by atoms with Gasteiger partial charge in [-0.05, 0) is 56.2 Å². The van der Waals surface area contributed by atoms with Gasteiger partial charge in [0.15, 0.2) is 6.23 Å². The minimum absolute atomic E-state index is 0.133. The van der Waals surface area contributed by atoms with E-state index in [-0.39, 0.29) is 11.5 Å². The van der Waals surface area contributed by atoms with Crippen molar-refractivity contribution in [3.63, 3.8) is 0 Å². The molecular weight excluding hydrogens is 372 g/mol. The first-order valence-corrected chi connectivity index (χ1v) is 9.53. The van der Waals surface area contributed by atoms with E-state index in [1.807, 2.05) is 32.9 Å². The summed E-state index contributed by atoms with van der Waals surface area (Å²) in [7, 11) is 0. The summed E-state index contributed by atoms with van der Waals surface area (Å²) in [6.07, 6.45) is 0.273. The van der Waals surface area contributed by atoms with Gasteiger partial charge in [0.25, 0.3) is 0 Å². The summed E-state index contributed by atoms with van der Waals surface area (Å²) >= 11 is 0. The second-order valence-corrected chi connectivity index (χ2v) is 7.13. The Balaban J connectivity index is 1.83. The Hall–Kier alpha value is -3.35. The van der Waals surface area contributed by atoms with Gasteiger partial charge in [0.05, 0.1) is 5.56 Å². The Morgan fingerprint density at radius 1 is 1.07 bits per heavy atom. The quantitative estimate of drug-likeness (QED) is 0.711. The number of aromatic carboxylic acids is 1. The first kappa shape index (κ1) is 20.4. The van der Waals surface area contributed by atoms with E-state index < -0.39 is 23.6 Å². The van der Waals surface area contributed by atoms with E-state index in [1.54, 1.807) is 12.1 Å². The van der Waals surface area contributed by atoms with Crippen LogP contribution in [0.25, 0.3) is 0 Å². The van der Waals surface area contributed by atoms with Crippen LogP contribution in [-0.2, 0) is 4.79 Å². The fourth-order valence-corrected chi connectivity index (χ4v) is 3.52. The highest BCUT2D eigenvalue weighted by atomic mass is 16.5. The maximum Gasteiger partial charge on any atom is 0.335 e. The molecule has 1 aliphatic heterocycles. The van der Waals surface area contributed by atoms with E-state index in [0.29, 0.717) is 24.3 Å². The summed E-state index contributed by atoms with van der Waals surface area (Å²) < 4.78 is 6.00. The molecule has 1 fully saturated rings. The highest BCUT2D eigenvalue weighted by Gasteiger charge is 2.62. The lowest BCUT2D eigenvalue weighted by molar-refractivity contribution is -0.190. The molecule has 0 radical (unpaired) electrons. The number of carboxylic acid groups (broad SMARTS) is 1. The number of carbonyl (C=O) groups excluding carboxylic acids is 2. The van der Waals surface area contributed by atoms with Gasteiger partial charge < -0.3 is 15.2 Å². The number of hydrogen-bond donors (Lipinski definition) is 2. The van der Waals surface area contributed by atoms with Crippen LogP contribution in [0.3, 0.4) is 0 Å². The van der Waals surface area contributed by atoms with Crippen molar-refractivity contribution in [1.29, 1.82) is 0 Å². The van der Waals surface area contributed by atoms with Crippen molar-refractivity contribution in [3.8, 4) is 5.75 Å². The molecule has 1 aliphatic rings. The average Bonchev–Trinajstić information content (AvgIpc) is 2.71. The Morgan fingerprint density at radius 3 is 2.17 bits per heavy atom. The predicted molar refractivity (Wildman–Crippen MR) is 108 cm³/mol. The number of ether oxygens (including phenoxy) is 1. The largest absolute Gasteiger partial charge is 0.478 e. The molecule has 0 aromatic heterocycles. The van der Waals surface area contributed by atoms with Gasteiger partial charge in [-0.15, -0.1) is 0 Å². The maximum atomic E-state index is 12.9. The Labute approximate surface area is 169 Å². The highest BCUT2D eigenvalue weighted by molar-refractivity contribution is 6.07. The number of imide groups is 1. The van der Waals surface area contributed by atoms with E-state index in [9.17, 15) is 14.4 Å². The van der Waals surface area contributed by atoms with E-state index >= 15 is 0 Å². The van der Waals surface area contributed by atoms with Gasteiger partial charge in [-0.2, -0.15) is 0 Å². The number of anilines is 1. The number of β-lactam (4-membered cyclic amide) rings is 1. The van der Waals surface area contributed by atoms with Crippen LogP contribution in [0.4, 0.5) is 10.5 Å². The number of amides is 3. The third kappa shape index (κ3) is 3.68. The van der Waals surface area contributed by atoms with Gasteiger partial charge in [0.1, 0.15) is 11.2 Å². The van der Waals surface area contributed by atoms with Gasteiger partial charge in [0, 0.05) is 5.69 Å². The molecule has 1 unspecified atom stereocenters. The van der Waals surface area contributed by atoms with Crippen LogP contribution in [0.2, 0.25) is 0 Å². The van der Waals surface area contributed by atoms with Crippen LogP contribution >= 0.6 is 0 Å². The number of aryl methyl sites for hydroxylation is 1. The molecule has 1 atom stereocenters. The van der Waals surface area contributed by atoms with E-state index in [4.69, 9.17) is 9.84 Å². The fourth-order valence-electron chi connectivity index (χ4n) is 3.52. The number of benzene rings is 2. The molecule has 152 valence electrons. The molecule has 0 aliphatic carbocycles. The Bertz CT molecular complexity index is 917. The lowest BCUT2D eigenvalue weighted by Gasteiger charge is -2.53. The van der Waals surface area contributed by atoms with E-state index in [1.165, 1.54) is 24.3 Å². The average molecular weight is 396 g/mol. The molecule has 7 nitrogen and oxygen atoms in total. The second kappa shape index (κ2) is 7.95. The molecular formula is C22H24N2O5. The molecule has 2 aromatic rings.